The Labute approximate surface area is 117 Å². The van der Waals surface area contributed by atoms with E-state index in [4.69, 9.17) is 0 Å². The molecule has 0 spiro atoms. The summed E-state index contributed by atoms with van der Waals surface area (Å²) < 4.78 is 0.674. The molecule has 0 bridgehead atoms. The summed E-state index contributed by atoms with van der Waals surface area (Å²) in [6.45, 7) is 0. The highest BCUT2D eigenvalue weighted by Crippen LogP contribution is 2.30. The van der Waals surface area contributed by atoms with Crippen molar-refractivity contribution in [3.8, 4) is 17.2 Å². The molecule has 0 fully saturated rings. The summed E-state index contributed by atoms with van der Waals surface area (Å²) in [6.07, 6.45) is 0. The molecule has 5 nitrogen and oxygen atoms in total. The number of aromatic hydroxyl groups is 3. The highest BCUT2D eigenvalue weighted by molar-refractivity contribution is 7.20. The summed E-state index contributed by atoms with van der Waals surface area (Å²) in [5.74, 6) is -0.695. The van der Waals surface area contributed by atoms with Gasteiger partial charge in [-0.3, -0.25) is 4.79 Å². The summed E-state index contributed by atoms with van der Waals surface area (Å²) in [4.78, 5) is 16.5. The molecule has 3 aromatic rings. The summed E-state index contributed by atoms with van der Waals surface area (Å²) in [5, 5.41) is 28.7. The van der Waals surface area contributed by atoms with Crippen molar-refractivity contribution in [3.05, 3.63) is 47.0 Å². The number of ketones is 1. The van der Waals surface area contributed by atoms with Gasteiger partial charge in [-0.15, -0.1) is 11.3 Å². The number of thiazole rings is 1. The first-order valence-electron chi connectivity index (χ1n) is 5.71. The third-order valence-corrected chi connectivity index (χ3v) is 3.81. The number of carbonyl (C=O) groups excluding carboxylic acids is 1. The van der Waals surface area contributed by atoms with Crippen molar-refractivity contribution >= 4 is 27.3 Å². The second kappa shape index (κ2) is 4.50. The van der Waals surface area contributed by atoms with Crippen LogP contribution < -0.4 is 0 Å². The molecule has 0 aliphatic carbocycles. The smallest absolute Gasteiger partial charge is 0.225 e. The highest BCUT2D eigenvalue weighted by Gasteiger charge is 2.18. The Kier molecular flexibility index (Phi) is 2.80. The molecule has 20 heavy (non-hydrogen) atoms. The van der Waals surface area contributed by atoms with E-state index in [9.17, 15) is 20.1 Å². The quantitative estimate of drug-likeness (QED) is 0.498. The lowest BCUT2D eigenvalue weighted by Gasteiger charge is -2.01. The van der Waals surface area contributed by atoms with E-state index in [1.54, 1.807) is 6.07 Å². The number of nitrogens with zero attached hydrogens (tertiary/aromatic N) is 1. The predicted octanol–water partition coefficient (Wildman–Crippen LogP) is 2.64. The fourth-order valence-electron chi connectivity index (χ4n) is 1.83. The minimum absolute atomic E-state index is 0.00622. The fraction of sp³-hybridized carbons (Fsp3) is 0. The number of hydrogen-bond acceptors (Lipinski definition) is 6. The Hall–Kier alpha value is -2.60. The van der Waals surface area contributed by atoms with Gasteiger partial charge >= 0.3 is 0 Å². The van der Waals surface area contributed by atoms with Crippen LogP contribution in [0.15, 0.2) is 36.4 Å². The maximum atomic E-state index is 12.3. The number of phenols is 3. The Morgan fingerprint density at radius 3 is 2.50 bits per heavy atom. The van der Waals surface area contributed by atoms with Crippen molar-refractivity contribution in [1.82, 2.24) is 4.98 Å². The summed E-state index contributed by atoms with van der Waals surface area (Å²) in [7, 11) is 0. The van der Waals surface area contributed by atoms with Gasteiger partial charge < -0.3 is 15.3 Å². The van der Waals surface area contributed by atoms with Gasteiger partial charge in [0.2, 0.25) is 5.78 Å². The first-order chi connectivity index (χ1) is 9.54. The van der Waals surface area contributed by atoms with Gasteiger partial charge in [0, 0.05) is 0 Å². The Bertz CT molecular complexity index is 825. The zero-order chi connectivity index (χ0) is 14.3. The van der Waals surface area contributed by atoms with E-state index >= 15 is 0 Å². The van der Waals surface area contributed by atoms with E-state index in [1.165, 1.54) is 30.3 Å². The first kappa shape index (κ1) is 12.4. The molecule has 6 heteroatoms. The monoisotopic (exact) mass is 287 g/mol. The van der Waals surface area contributed by atoms with Crippen LogP contribution in [0.1, 0.15) is 15.4 Å². The Morgan fingerprint density at radius 1 is 1.00 bits per heavy atom. The molecule has 1 heterocycles. The van der Waals surface area contributed by atoms with Gasteiger partial charge in [0.1, 0.15) is 17.2 Å². The van der Waals surface area contributed by atoms with Crippen molar-refractivity contribution in [1.29, 1.82) is 0 Å². The van der Waals surface area contributed by atoms with E-state index in [0.717, 1.165) is 11.3 Å². The number of phenolic OH excluding ortho intramolecular Hbond substituents is 3. The number of rotatable bonds is 2. The average Bonchev–Trinajstić information content (AvgIpc) is 2.83. The third kappa shape index (κ3) is 2.06. The number of carbonyl (C=O) groups is 1. The highest BCUT2D eigenvalue weighted by atomic mass is 32.1. The third-order valence-electron chi connectivity index (χ3n) is 2.79. The van der Waals surface area contributed by atoms with Crippen molar-refractivity contribution in [2.45, 2.75) is 0 Å². The standard InChI is InChI=1S/C14H9NO4S/c16-7-2-4-11(18)9(5-7)13(19)14-15-10-3-1-8(17)6-12(10)20-14/h1-6,16-18H. The van der Waals surface area contributed by atoms with Gasteiger partial charge in [0.05, 0.1) is 15.8 Å². The molecule has 3 N–H and O–H groups in total. The van der Waals surface area contributed by atoms with Crippen LogP contribution in [0.4, 0.5) is 0 Å². The van der Waals surface area contributed by atoms with E-state index in [0.29, 0.717) is 10.2 Å². The molecule has 0 amide bonds. The van der Waals surface area contributed by atoms with Crippen LogP contribution >= 0.6 is 11.3 Å². The molecule has 2 aromatic carbocycles. The molecular weight excluding hydrogens is 278 g/mol. The van der Waals surface area contributed by atoms with Crippen LogP contribution in [0.2, 0.25) is 0 Å². The molecule has 1 aromatic heterocycles. The first-order valence-corrected chi connectivity index (χ1v) is 6.52. The Morgan fingerprint density at radius 2 is 1.70 bits per heavy atom. The topological polar surface area (TPSA) is 90.7 Å². The number of aromatic nitrogens is 1. The second-order valence-corrected chi connectivity index (χ2v) is 5.23. The normalized spacial score (nSPS) is 10.8. The van der Waals surface area contributed by atoms with E-state index < -0.39 is 5.78 Å². The summed E-state index contributed by atoms with van der Waals surface area (Å²) >= 11 is 1.12. The molecular formula is C14H9NO4S. The van der Waals surface area contributed by atoms with E-state index in [-0.39, 0.29) is 27.8 Å². The number of fused-ring (bicyclic) bond motifs is 1. The van der Waals surface area contributed by atoms with Gasteiger partial charge in [-0.1, -0.05) is 0 Å². The molecule has 0 aliphatic heterocycles. The van der Waals surface area contributed by atoms with Crippen LogP contribution in [0.5, 0.6) is 17.2 Å². The molecule has 0 aliphatic rings. The molecule has 0 atom stereocenters. The van der Waals surface area contributed by atoms with Gasteiger partial charge in [0.15, 0.2) is 5.01 Å². The minimum atomic E-state index is -0.473. The molecule has 0 unspecified atom stereocenters. The van der Waals surface area contributed by atoms with Gasteiger partial charge in [-0.2, -0.15) is 0 Å². The zero-order valence-corrected chi connectivity index (χ0v) is 10.9. The van der Waals surface area contributed by atoms with Crippen LogP contribution in [-0.2, 0) is 0 Å². The van der Waals surface area contributed by atoms with Crippen molar-refractivity contribution < 1.29 is 20.1 Å². The molecule has 0 saturated heterocycles. The summed E-state index contributed by atoms with van der Waals surface area (Å²) in [6, 6.07) is 8.36. The van der Waals surface area contributed by atoms with Gasteiger partial charge in [0.25, 0.3) is 0 Å². The van der Waals surface area contributed by atoms with Crippen molar-refractivity contribution in [2.24, 2.45) is 0 Å². The van der Waals surface area contributed by atoms with E-state index in [1.807, 2.05) is 0 Å². The van der Waals surface area contributed by atoms with Gasteiger partial charge in [-0.05, 0) is 36.4 Å². The fourth-order valence-corrected chi connectivity index (χ4v) is 2.78. The largest absolute Gasteiger partial charge is 0.508 e. The van der Waals surface area contributed by atoms with Crippen molar-refractivity contribution in [2.75, 3.05) is 0 Å². The predicted molar refractivity (Wildman–Crippen MR) is 74.5 cm³/mol. The van der Waals surface area contributed by atoms with Crippen LogP contribution in [-0.4, -0.2) is 26.1 Å². The summed E-state index contributed by atoms with van der Waals surface area (Å²) in [5.41, 5.74) is 0.587. The maximum absolute atomic E-state index is 12.3. The zero-order valence-electron chi connectivity index (χ0n) is 10.1. The second-order valence-electron chi connectivity index (χ2n) is 4.20. The lowest BCUT2D eigenvalue weighted by Crippen LogP contribution is -2.00. The molecule has 0 radical (unpaired) electrons. The molecule has 0 saturated carbocycles. The molecule has 3 rings (SSSR count). The Balaban J connectivity index is 2.10. The van der Waals surface area contributed by atoms with Gasteiger partial charge in [-0.25, -0.2) is 4.98 Å². The lowest BCUT2D eigenvalue weighted by atomic mass is 10.1. The van der Waals surface area contributed by atoms with Crippen LogP contribution in [0.3, 0.4) is 0 Å². The lowest BCUT2D eigenvalue weighted by molar-refractivity contribution is 0.103. The SMILES string of the molecule is O=C(c1nc2ccc(O)cc2s1)c1cc(O)ccc1O. The maximum Gasteiger partial charge on any atom is 0.225 e. The number of benzene rings is 2. The average molecular weight is 287 g/mol. The van der Waals surface area contributed by atoms with Crippen molar-refractivity contribution in [3.63, 3.8) is 0 Å². The molecule has 100 valence electrons. The number of hydrogen-bond donors (Lipinski definition) is 3. The van der Waals surface area contributed by atoms with Crippen LogP contribution in [0.25, 0.3) is 10.2 Å². The minimum Gasteiger partial charge on any atom is -0.508 e. The van der Waals surface area contributed by atoms with E-state index in [2.05, 4.69) is 4.98 Å². The van der Waals surface area contributed by atoms with Crippen LogP contribution in [0, 0.1) is 0 Å².